The van der Waals surface area contributed by atoms with Crippen molar-refractivity contribution >= 4 is 17.9 Å². The third kappa shape index (κ3) is 6.05. The van der Waals surface area contributed by atoms with Crippen molar-refractivity contribution < 1.29 is 24.2 Å². The van der Waals surface area contributed by atoms with E-state index in [2.05, 4.69) is 10.1 Å². The van der Waals surface area contributed by atoms with Crippen LogP contribution in [0.4, 0.5) is 4.79 Å². The van der Waals surface area contributed by atoms with Crippen LogP contribution in [0, 0.1) is 0 Å². The van der Waals surface area contributed by atoms with Gasteiger partial charge in [0.2, 0.25) is 0 Å². The van der Waals surface area contributed by atoms with Crippen LogP contribution in [0.25, 0.3) is 0 Å². The Bertz CT molecular complexity index is 489. The Labute approximate surface area is 122 Å². The van der Waals surface area contributed by atoms with E-state index < -0.39 is 30.6 Å². The lowest BCUT2D eigenvalue weighted by Gasteiger charge is -2.11. The molecule has 7 heteroatoms. The molecule has 1 aromatic carbocycles. The van der Waals surface area contributed by atoms with Gasteiger partial charge >= 0.3 is 12.0 Å². The zero-order chi connectivity index (χ0) is 15.7. The number of carbonyl (C=O) groups is 3. The molecule has 0 saturated heterocycles. The molecule has 0 unspecified atom stereocenters. The number of carbonyl (C=O) groups excluding carboxylic acids is 3. The Morgan fingerprint density at radius 1 is 1.24 bits per heavy atom. The molecule has 3 N–H and O–H groups in total. The predicted molar refractivity (Wildman–Crippen MR) is 74.2 cm³/mol. The minimum atomic E-state index is -1.46. The quantitative estimate of drug-likeness (QED) is 0.663. The number of amides is 3. The molecule has 0 bridgehead atoms. The fraction of sp³-hybridized carbons (Fsp3) is 0.357. The summed E-state index contributed by atoms with van der Waals surface area (Å²) in [4.78, 5) is 34.1. The Kier molecular flexibility index (Phi) is 6.90. The van der Waals surface area contributed by atoms with Crippen LogP contribution >= 0.6 is 0 Å². The zero-order valence-corrected chi connectivity index (χ0v) is 11.7. The number of nitrogens with one attached hydrogen (secondary N) is 2. The Balaban J connectivity index is 2.35. The molecule has 0 heterocycles. The van der Waals surface area contributed by atoms with Crippen LogP contribution in [0.5, 0.6) is 0 Å². The Morgan fingerprint density at radius 3 is 2.52 bits per heavy atom. The van der Waals surface area contributed by atoms with E-state index in [1.165, 1.54) is 0 Å². The van der Waals surface area contributed by atoms with Crippen LogP contribution in [0.3, 0.4) is 0 Å². The Morgan fingerprint density at radius 2 is 1.90 bits per heavy atom. The number of ether oxygens (including phenoxy) is 1. The molecule has 1 rings (SSSR count). The topological polar surface area (TPSA) is 105 Å². The van der Waals surface area contributed by atoms with Gasteiger partial charge in [-0.3, -0.25) is 10.1 Å². The van der Waals surface area contributed by atoms with E-state index in [1.54, 1.807) is 30.3 Å². The molecule has 0 saturated carbocycles. The van der Waals surface area contributed by atoms with Gasteiger partial charge in [0, 0.05) is 6.54 Å². The van der Waals surface area contributed by atoms with E-state index >= 15 is 0 Å². The minimum absolute atomic E-state index is 0.364. The van der Waals surface area contributed by atoms with Crippen LogP contribution in [0.2, 0.25) is 0 Å². The molecule has 0 fully saturated rings. The highest BCUT2D eigenvalue weighted by Crippen LogP contribution is 2.13. The molecule has 0 aliphatic heterocycles. The first-order chi connectivity index (χ1) is 10.0. The second kappa shape index (κ2) is 8.70. The van der Waals surface area contributed by atoms with Crippen molar-refractivity contribution in [2.24, 2.45) is 0 Å². The van der Waals surface area contributed by atoms with E-state index in [4.69, 9.17) is 0 Å². The van der Waals surface area contributed by atoms with Crippen molar-refractivity contribution in [3.8, 4) is 0 Å². The second-order valence-corrected chi connectivity index (χ2v) is 4.23. The summed E-state index contributed by atoms with van der Waals surface area (Å²) in [5.41, 5.74) is 0.364. The SMILES string of the molecule is CCCNC(=O)NC(=O)COC(=O)[C@H](O)c1ccccc1. The molecule has 21 heavy (non-hydrogen) atoms. The second-order valence-electron chi connectivity index (χ2n) is 4.23. The number of rotatable bonds is 6. The lowest BCUT2D eigenvalue weighted by Crippen LogP contribution is -2.41. The van der Waals surface area contributed by atoms with Crippen LogP contribution in [0.15, 0.2) is 30.3 Å². The van der Waals surface area contributed by atoms with Gasteiger partial charge in [-0.25, -0.2) is 9.59 Å². The largest absolute Gasteiger partial charge is 0.453 e. The molecule has 1 aromatic rings. The van der Waals surface area contributed by atoms with Crippen LogP contribution in [-0.2, 0) is 14.3 Å². The Hall–Kier alpha value is -2.41. The van der Waals surface area contributed by atoms with Gasteiger partial charge in [0.15, 0.2) is 12.7 Å². The molecule has 0 radical (unpaired) electrons. The van der Waals surface area contributed by atoms with Gasteiger partial charge in [0.1, 0.15) is 0 Å². The molecule has 0 spiro atoms. The molecule has 114 valence electrons. The lowest BCUT2D eigenvalue weighted by atomic mass is 10.1. The minimum Gasteiger partial charge on any atom is -0.453 e. The predicted octanol–water partition coefficient (Wildman–Crippen LogP) is 0.499. The number of aliphatic hydroxyl groups excluding tert-OH is 1. The fourth-order valence-corrected chi connectivity index (χ4v) is 1.43. The highest BCUT2D eigenvalue weighted by molar-refractivity contribution is 5.95. The molecule has 1 atom stereocenters. The summed E-state index contributed by atoms with van der Waals surface area (Å²) in [6.45, 7) is 1.67. The van der Waals surface area contributed by atoms with Crippen molar-refractivity contribution in [3.63, 3.8) is 0 Å². The average Bonchev–Trinajstić information content (AvgIpc) is 2.50. The standard InChI is InChI=1S/C14H18N2O5/c1-2-8-15-14(20)16-11(17)9-21-13(19)12(18)10-6-4-3-5-7-10/h3-7,12,18H,2,8-9H2,1H3,(H2,15,16,17,20)/t12-/m1/s1. The summed E-state index contributed by atoms with van der Waals surface area (Å²) < 4.78 is 4.64. The number of urea groups is 1. The van der Waals surface area contributed by atoms with Gasteiger partial charge in [-0.1, -0.05) is 37.3 Å². The third-order valence-corrected chi connectivity index (χ3v) is 2.47. The number of aliphatic hydroxyl groups is 1. The molecule has 7 nitrogen and oxygen atoms in total. The van der Waals surface area contributed by atoms with E-state index in [9.17, 15) is 19.5 Å². The summed E-state index contributed by atoms with van der Waals surface area (Å²) in [7, 11) is 0. The van der Waals surface area contributed by atoms with Gasteiger partial charge in [0.05, 0.1) is 0 Å². The first-order valence-corrected chi connectivity index (χ1v) is 6.52. The van der Waals surface area contributed by atoms with Crippen LogP contribution in [-0.4, -0.2) is 36.2 Å². The maximum absolute atomic E-state index is 11.6. The molecular weight excluding hydrogens is 276 g/mol. The van der Waals surface area contributed by atoms with Gasteiger partial charge in [-0.15, -0.1) is 0 Å². The maximum atomic E-state index is 11.6. The molecular formula is C14H18N2O5. The van der Waals surface area contributed by atoms with Gasteiger partial charge in [-0.2, -0.15) is 0 Å². The van der Waals surface area contributed by atoms with Crippen molar-refractivity contribution in [2.45, 2.75) is 19.4 Å². The van der Waals surface area contributed by atoms with Gasteiger partial charge in [-0.05, 0) is 12.0 Å². The van der Waals surface area contributed by atoms with Crippen LogP contribution in [0.1, 0.15) is 25.0 Å². The first kappa shape index (κ1) is 16.6. The van der Waals surface area contributed by atoms with Crippen molar-refractivity contribution in [3.05, 3.63) is 35.9 Å². The third-order valence-electron chi connectivity index (χ3n) is 2.47. The summed E-state index contributed by atoms with van der Waals surface area (Å²) in [6.07, 6.45) is -0.729. The summed E-state index contributed by atoms with van der Waals surface area (Å²) in [5, 5.41) is 14.2. The highest BCUT2D eigenvalue weighted by atomic mass is 16.5. The van der Waals surface area contributed by atoms with Crippen molar-refractivity contribution in [1.29, 1.82) is 0 Å². The lowest BCUT2D eigenvalue weighted by molar-refractivity contribution is -0.157. The summed E-state index contributed by atoms with van der Waals surface area (Å²) in [6, 6.07) is 7.53. The monoisotopic (exact) mass is 294 g/mol. The van der Waals surface area contributed by atoms with Gasteiger partial charge in [0.25, 0.3) is 5.91 Å². The normalized spacial score (nSPS) is 11.3. The fourth-order valence-electron chi connectivity index (χ4n) is 1.43. The molecule has 0 aromatic heterocycles. The van der Waals surface area contributed by atoms with E-state index in [1.807, 2.05) is 12.2 Å². The highest BCUT2D eigenvalue weighted by Gasteiger charge is 2.20. The number of esters is 1. The van der Waals surface area contributed by atoms with Crippen LogP contribution < -0.4 is 10.6 Å². The van der Waals surface area contributed by atoms with E-state index in [0.717, 1.165) is 6.42 Å². The number of imide groups is 1. The van der Waals surface area contributed by atoms with E-state index in [-0.39, 0.29) is 0 Å². The number of hydrogen-bond donors (Lipinski definition) is 3. The molecule has 3 amide bonds. The average molecular weight is 294 g/mol. The smallest absolute Gasteiger partial charge is 0.340 e. The number of benzene rings is 1. The van der Waals surface area contributed by atoms with Crippen molar-refractivity contribution in [1.82, 2.24) is 10.6 Å². The van der Waals surface area contributed by atoms with Crippen molar-refractivity contribution in [2.75, 3.05) is 13.2 Å². The summed E-state index contributed by atoms with van der Waals surface area (Å²) >= 11 is 0. The first-order valence-electron chi connectivity index (χ1n) is 6.52. The maximum Gasteiger partial charge on any atom is 0.340 e. The van der Waals surface area contributed by atoms with Gasteiger partial charge < -0.3 is 15.2 Å². The molecule has 0 aliphatic rings. The summed E-state index contributed by atoms with van der Waals surface area (Å²) in [5.74, 6) is -1.72. The number of hydrogen-bond acceptors (Lipinski definition) is 5. The zero-order valence-electron chi connectivity index (χ0n) is 11.7. The molecule has 0 aliphatic carbocycles. The van der Waals surface area contributed by atoms with E-state index in [0.29, 0.717) is 12.1 Å².